The Morgan fingerprint density at radius 3 is 2.92 bits per heavy atom. The van der Waals surface area contributed by atoms with Crippen LogP contribution < -0.4 is 5.32 Å². The number of amides is 1. The minimum Gasteiger partial charge on any atom is -0.467 e. The predicted octanol–water partition coefficient (Wildman–Crippen LogP) is 2.94. The van der Waals surface area contributed by atoms with Crippen molar-refractivity contribution >= 4 is 5.91 Å². The van der Waals surface area contributed by atoms with Crippen LogP contribution in [0.1, 0.15) is 22.7 Å². The first-order valence-corrected chi connectivity index (χ1v) is 7.93. The maximum Gasteiger partial charge on any atom is 0.271 e. The molecule has 0 aliphatic carbocycles. The molecule has 0 saturated heterocycles. The molecule has 1 amide bonds. The minimum atomic E-state index is -0.397. The molecule has 6 nitrogen and oxygen atoms in total. The molecule has 3 rings (SSSR count). The van der Waals surface area contributed by atoms with Crippen molar-refractivity contribution in [3.05, 3.63) is 72.2 Å². The summed E-state index contributed by atoms with van der Waals surface area (Å²) in [7, 11) is 0. The average Bonchev–Trinajstić information content (AvgIpc) is 3.30. The SMILES string of the molecule is O=C(NCCCOCc1ccco1)c1ccn(-c2ccccc2F)n1. The van der Waals surface area contributed by atoms with Crippen LogP contribution in [-0.2, 0) is 11.3 Å². The van der Waals surface area contributed by atoms with Crippen LogP contribution in [-0.4, -0.2) is 28.8 Å². The topological polar surface area (TPSA) is 69.3 Å². The van der Waals surface area contributed by atoms with Crippen molar-refractivity contribution in [1.82, 2.24) is 15.1 Å². The van der Waals surface area contributed by atoms with Crippen LogP contribution in [0.2, 0.25) is 0 Å². The standard InChI is InChI=1S/C18H18FN3O3/c19-15-6-1-2-7-17(15)22-10-8-16(21-22)18(23)20-9-4-11-24-13-14-5-3-12-25-14/h1-3,5-8,10,12H,4,9,11,13H2,(H,20,23). The van der Waals surface area contributed by atoms with E-state index in [0.29, 0.717) is 31.9 Å². The Morgan fingerprint density at radius 2 is 2.12 bits per heavy atom. The van der Waals surface area contributed by atoms with Crippen molar-refractivity contribution in [3.8, 4) is 5.69 Å². The summed E-state index contributed by atoms with van der Waals surface area (Å²) in [6, 6.07) is 11.5. The van der Waals surface area contributed by atoms with Crippen LogP contribution in [0, 0.1) is 5.82 Å². The summed E-state index contributed by atoms with van der Waals surface area (Å²) < 4.78 is 25.7. The lowest BCUT2D eigenvalue weighted by molar-refractivity contribution is 0.0912. The summed E-state index contributed by atoms with van der Waals surface area (Å²) in [6.07, 6.45) is 3.82. The summed E-state index contributed by atoms with van der Waals surface area (Å²) in [5.41, 5.74) is 0.535. The van der Waals surface area contributed by atoms with E-state index in [4.69, 9.17) is 9.15 Å². The van der Waals surface area contributed by atoms with Crippen molar-refractivity contribution in [2.75, 3.05) is 13.2 Å². The molecule has 2 aromatic heterocycles. The fraction of sp³-hybridized carbons (Fsp3) is 0.222. The van der Waals surface area contributed by atoms with Crippen LogP contribution in [0.5, 0.6) is 0 Å². The van der Waals surface area contributed by atoms with Gasteiger partial charge in [0.2, 0.25) is 0 Å². The summed E-state index contributed by atoms with van der Waals surface area (Å²) in [6.45, 7) is 1.38. The van der Waals surface area contributed by atoms with Crippen molar-refractivity contribution in [2.45, 2.75) is 13.0 Å². The van der Waals surface area contributed by atoms with Gasteiger partial charge in [-0.25, -0.2) is 9.07 Å². The number of carbonyl (C=O) groups excluding carboxylic acids is 1. The molecule has 0 fully saturated rings. The maximum atomic E-state index is 13.7. The van der Waals surface area contributed by atoms with E-state index in [2.05, 4.69) is 10.4 Å². The molecule has 0 aliphatic rings. The Hall–Kier alpha value is -2.93. The summed E-state index contributed by atoms with van der Waals surface area (Å²) >= 11 is 0. The molecule has 0 unspecified atom stereocenters. The highest BCUT2D eigenvalue weighted by atomic mass is 19.1. The number of nitrogens with zero attached hydrogens (tertiary/aromatic N) is 2. The Labute approximate surface area is 144 Å². The third kappa shape index (κ3) is 4.54. The number of nitrogens with one attached hydrogen (secondary N) is 1. The van der Waals surface area contributed by atoms with Gasteiger partial charge in [0.25, 0.3) is 5.91 Å². The van der Waals surface area contributed by atoms with E-state index in [1.807, 2.05) is 6.07 Å². The second kappa shape index (κ2) is 8.25. The van der Waals surface area contributed by atoms with Crippen molar-refractivity contribution < 1.29 is 18.3 Å². The summed E-state index contributed by atoms with van der Waals surface area (Å²) in [5, 5.41) is 6.87. The molecule has 1 N–H and O–H groups in total. The average molecular weight is 343 g/mol. The van der Waals surface area contributed by atoms with Crippen LogP contribution in [0.15, 0.2) is 59.3 Å². The first-order valence-electron chi connectivity index (χ1n) is 7.93. The highest BCUT2D eigenvalue weighted by Crippen LogP contribution is 2.12. The zero-order chi connectivity index (χ0) is 17.5. The number of carbonyl (C=O) groups is 1. The molecule has 2 heterocycles. The molecule has 3 aromatic rings. The van der Waals surface area contributed by atoms with Gasteiger partial charge in [-0.3, -0.25) is 4.79 Å². The summed E-state index contributed by atoms with van der Waals surface area (Å²) in [5.74, 6) is 0.0649. The van der Waals surface area contributed by atoms with E-state index in [1.165, 1.54) is 10.7 Å². The first kappa shape index (κ1) is 16.9. The number of para-hydroxylation sites is 1. The van der Waals surface area contributed by atoms with Crippen LogP contribution in [0.3, 0.4) is 0 Å². The van der Waals surface area contributed by atoms with Gasteiger partial charge in [0.05, 0.1) is 6.26 Å². The highest BCUT2D eigenvalue weighted by molar-refractivity contribution is 5.92. The monoisotopic (exact) mass is 343 g/mol. The number of hydrogen-bond acceptors (Lipinski definition) is 4. The second-order valence-electron chi connectivity index (χ2n) is 5.34. The van der Waals surface area contributed by atoms with Gasteiger partial charge in [-0.05, 0) is 36.8 Å². The number of ether oxygens (including phenoxy) is 1. The van der Waals surface area contributed by atoms with Gasteiger partial charge < -0.3 is 14.5 Å². The van der Waals surface area contributed by atoms with Crippen molar-refractivity contribution in [3.63, 3.8) is 0 Å². The van der Waals surface area contributed by atoms with Gasteiger partial charge in [-0.15, -0.1) is 0 Å². The van der Waals surface area contributed by atoms with E-state index in [1.54, 1.807) is 42.8 Å². The number of benzene rings is 1. The van der Waals surface area contributed by atoms with Gasteiger partial charge >= 0.3 is 0 Å². The highest BCUT2D eigenvalue weighted by Gasteiger charge is 2.11. The third-order valence-electron chi connectivity index (χ3n) is 3.50. The predicted molar refractivity (Wildman–Crippen MR) is 88.8 cm³/mol. The van der Waals surface area contributed by atoms with Gasteiger partial charge in [0.15, 0.2) is 5.69 Å². The molecule has 0 aliphatic heterocycles. The van der Waals surface area contributed by atoms with Crippen molar-refractivity contribution in [1.29, 1.82) is 0 Å². The van der Waals surface area contributed by atoms with Gasteiger partial charge in [0, 0.05) is 19.3 Å². The van der Waals surface area contributed by atoms with Gasteiger partial charge in [-0.1, -0.05) is 12.1 Å². The largest absolute Gasteiger partial charge is 0.467 e. The normalized spacial score (nSPS) is 10.8. The molecule has 0 bridgehead atoms. The fourth-order valence-corrected chi connectivity index (χ4v) is 2.25. The number of hydrogen-bond donors (Lipinski definition) is 1. The lowest BCUT2D eigenvalue weighted by Crippen LogP contribution is -2.25. The molecule has 0 spiro atoms. The zero-order valence-corrected chi connectivity index (χ0v) is 13.5. The molecule has 0 saturated carbocycles. The number of furan rings is 1. The second-order valence-corrected chi connectivity index (χ2v) is 5.34. The van der Waals surface area contributed by atoms with Crippen LogP contribution in [0.4, 0.5) is 4.39 Å². The molecule has 1 aromatic carbocycles. The Morgan fingerprint density at radius 1 is 1.24 bits per heavy atom. The smallest absolute Gasteiger partial charge is 0.271 e. The molecular weight excluding hydrogens is 325 g/mol. The fourth-order valence-electron chi connectivity index (χ4n) is 2.25. The maximum absolute atomic E-state index is 13.7. The van der Waals surface area contributed by atoms with E-state index in [-0.39, 0.29) is 11.6 Å². The lowest BCUT2D eigenvalue weighted by Gasteiger charge is -2.04. The quantitative estimate of drug-likeness (QED) is 0.639. The van der Waals surface area contributed by atoms with Crippen LogP contribution >= 0.6 is 0 Å². The Bertz CT molecular complexity index is 815. The first-order chi connectivity index (χ1) is 12.2. The van der Waals surface area contributed by atoms with Crippen LogP contribution in [0.25, 0.3) is 5.69 Å². The third-order valence-corrected chi connectivity index (χ3v) is 3.50. The lowest BCUT2D eigenvalue weighted by atomic mass is 10.3. The number of halogens is 1. The molecule has 0 atom stereocenters. The Balaban J connectivity index is 1.42. The van der Waals surface area contributed by atoms with E-state index in [9.17, 15) is 9.18 Å². The van der Waals surface area contributed by atoms with E-state index >= 15 is 0 Å². The van der Waals surface area contributed by atoms with Crippen molar-refractivity contribution in [2.24, 2.45) is 0 Å². The minimum absolute atomic E-state index is 0.236. The molecular formula is C18H18FN3O3. The summed E-state index contributed by atoms with van der Waals surface area (Å²) in [4.78, 5) is 12.1. The molecule has 7 heteroatoms. The zero-order valence-electron chi connectivity index (χ0n) is 13.5. The van der Waals surface area contributed by atoms with E-state index < -0.39 is 5.82 Å². The Kier molecular flexibility index (Phi) is 5.58. The van der Waals surface area contributed by atoms with Gasteiger partial charge in [-0.2, -0.15) is 5.10 Å². The number of rotatable bonds is 8. The van der Waals surface area contributed by atoms with Gasteiger partial charge in [0.1, 0.15) is 23.9 Å². The molecule has 25 heavy (non-hydrogen) atoms. The number of aromatic nitrogens is 2. The van der Waals surface area contributed by atoms with E-state index in [0.717, 1.165) is 5.76 Å². The molecule has 0 radical (unpaired) electrons. The molecule has 130 valence electrons.